The number of hydrogen-bond donors (Lipinski definition) is 0. The van der Waals surface area contributed by atoms with E-state index in [0.717, 1.165) is 0 Å². The first-order chi connectivity index (χ1) is 1.00. The van der Waals surface area contributed by atoms with Crippen LogP contribution in [0.3, 0.4) is 0 Å². The third-order valence-corrected chi connectivity index (χ3v) is 0. The Bertz CT molecular complexity index is 12.8. The monoisotopic (exact) mass is 262 g/mol. The van der Waals surface area contributed by atoms with Gasteiger partial charge in [-0.25, -0.2) is 0 Å². The first-order valence-electron chi connectivity index (χ1n) is 0.224. The van der Waals surface area contributed by atoms with Gasteiger partial charge in [0.15, 0.2) is 0 Å². The SMILES string of the molecule is [Au+].[C-]#N.[K]. The van der Waals surface area contributed by atoms with E-state index in [1.165, 1.54) is 0 Å². The van der Waals surface area contributed by atoms with Crippen LogP contribution in [0.15, 0.2) is 0 Å². The zero-order chi connectivity index (χ0) is 2.00. The molecule has 1 radical (unpaired) electrons. The molecular formula is CAuKN. The molecule has 0 bridgehead atoms. The predicted molar refractivity (Wildman–Crippen MR) is 10.7 cm³/mol. The summed E-state index contributed by atoms with van der Waals surface area (Å²) in [4.78, 5) is 0. The molecule has 0 aromatic carbocycles. The molecule has 0 rings (SSSR count). The van der Waals surface area contributed by atoms with Crippen LogP contribution in [-0.2, 0) is 22.4 Å². The van der Waals surface area contributed by atoms with E-state index in [0.29, 0.717) is 0 Å². The second-order valence-electron chi connectivity index (χ2n) is 0. The molecule has 0 saturated heterocycles. The molecule has 0 aromatic rings. The molecule has 4 heavy (non-hydrogen) atoms. The van der Waals surface area contributed by atoms with E-state index in [4.69, 9.17) is 11.8 Å². The standard InChI is InChI=1S/CN.Au.K/c1-2;;/q-1;+1;. The minimum absolute atomic E-state index is 0. The number of hydrogen-bond acceptors (Lipinski definition) is 1. The Morgan fingerprint density at radius 3 is 1.25 bits per heavy atom. The fourth-order valence-corrected chi connectivity index (χ4v) is 0. The van der Waals surface area contributed by atoms with Gasteiger partial charge in [-0.3, -0.25) is 0 Å². The van der Waals surface area contributed by atoms with Crippen molar-refractivity contribution in [2.45, 2.75) is 0 Å². The van der Waals surface area contributed by atoms with Gasteiger partial charge >= 0.3 is 22.4 Å². The van der Waals surface area contributed by atoms with Crippen molar-refractivity contribution in [2.24, 2.45) is 0 Å². The Balaban J connectivity index is -0.00000000500. The van der Waals surface area contributed by atoms with Gasteiger partial charge in [0.25, 0.3) is 0 Å². The summed E-state index contributed by atoms with van der Waals surface area (Å²) >= 11 is 0. The van der Waals surface area contributed by atoms with Crippen LogP contribution in [0, 0.1) is 11.8 Å². The molecular weight excluding hydrogens is 262 g/mol. The maximum Gasteiger partial charge on any atom is 1.00 e. The normalized spacial score (nSPS) is 0.500. The summed E-state index contributed by atoms with van der Waals surface area (Å²) in [6, 6.07) is 0. The topological polar surface area (TPSA) is 23.8 Å². The quantitative estimate of drug-likeness (QED) is 0.435. The third kappa shape index (κ3) is 9.12. The maximum absolute atomic E-state index is 6.25. The zero-order valence-electron chi connectivity index (χ0n) is 2.25. The predicted octanol–water partition coefficient (Wildman–Crippen LogP) is -0.287. The van der Waals surface area contributed by atoms with Crippen LogP contribution in [0.4, 0.5) is 0 Å². The second kappa shape index (κ2) is 20.9. The third-order valence-electron chi connectivity index (χ3n) is 0. The molecule has 21 valence electrons. The van der Waals surface area contributed by atoms with E-state index in [1.54, 1.807) is 0 Å². The maximum atomic E-state index is 6.25. The van der Waals surface area contributed by atoms with Crippen LogP contribution in [0.5, 0.6) is 0 Å². The molecule has 0 amide bonds. The molecule has 0 aliphatic rings. The van der Waals surface area contributed by atoms with E-state index in [2.05, 4.69) is 0 Å². The number of rotatable bonds is 0. The van der Waals surface area contributed by atoms with Crippen LogP contribution in [0.2, 0.25) is 0 Å². The first-order valence-corrected chi connectivity index (χ1v) is 0.224. The summed E-state index contributed by atoms with van der Waals surface area (Å²) in [6.45, 7) is 4.75. The van der Waals surface area contributed by atoms with Crippen molar-refractivity contribution < 1.29 is 22.4 Å². The molecule has 0 saturated carbocycles. The van der Waals surface area contributed by atoms with Gasteiger partial charge in [0.05, 0.1) is 0 Å². The first kappa shape index (κ1) is 16.9. The van der Waals surface area contributed by atoms with E-state index >= 15 is 0 Å². The van der Waals surface area contributed by atoms with Gasteiger partial charge < -0.3 is 11.8 Å². The van der Waals surface area contributed by atoms with Gasteiger partial charge in [0, 0.05) is 51.4 Å². The summed E-state index contributed by atoms with van der Waals surface area (Å²) in [5.41, 5.74) is 0. The van der Waals surface area contributed by atoms with Crippen molar-refractivity contribution >= 4 is 51.4 Å². The summed E-state index contributed by atoms with van der Waals surface area (Å²) in [6.07, 6.45) is 0. The molecule has 0 aliphatic carbocycles. The molecule has 0 aromatic heterocycles. The van der Waals surface area contributed by atoms with Crippen molar-refractivity contribution in [3.63, 3.8) is 0 Å². The molecule has 0 heterocycles. The molecule has 1 nitrogen and oxygen atoms in total. The molecule has 3 heteroatoms. The van der Waals surface area contributed by atoms with Crippen molar-refractivity contribution in [1.82, 2.24) is 0 Å². The van der Waals surface area contributed by atoms with E-state index in [1.807, 2.05) is 0 Å². The molecule has 0 atom stereocenters. The Morgan fingerprint density at radius 1 is 1.25 bits per heavy atom. The van der Waals surface area contributed by atoms with Gasteiger partial charge in [0.1, 0.15) is 0 Å². The van der Waals surface area contributed by atoms with Crippen LogP contribution >= 0.6 is 0 Å². The smallest absolute Gasteiger partial charge is 0.512 e. The van der Waals surface area contributed by atoms with Crippen LogP contribution in [-0.4, -0.2) is 51.4 Å². The van der Waals surface area contributed by atoms with Gasteiger partial charge in [-0.2, -0.15) is 0 Å². The fourth-order valence-electron chi connectivity index (χ4n) is 0. The van der Waals surface area contributed by atoms with E-state index in [-0.39, 0.29) is 73.8 Å². The summed E-state index contributed by atoms with van der Waals surface area (Å²) in [7, 11) is 0. The average Bonchev–Trinajstić information content (AvgIpc) is 1.00. The van der Waals surface area contributed by atoms with Gasteiger partial charge in [0.2, 0.25) is 0 Å². The van der Waals surface area contributed by atoms with Gasteiger partial charge in [-0.05, 0) is 0 Å². The van der Waals surface area contributed by atoms with Gasteiger partial charge in [-0.1, -0.05) is 0 Å². The van der Waals surface area contributed by atoms with Crippen LogP contribution in [0.25, 0.3) is 0 Å². The van der Waals surface area contributed by atoms with Crippen molar-refractivity contribution in [2.75, 3.05) is 0 Å². The van der Waals surface area contributed by atoms with Gasteiger partial charge in [-0.15, -0.1) is 0 Å². The minimum Gasteiger partial charge on any atom is -0.512 e. The van der Waals surface area contributed by atoms with Crippen molar-refractivity contribution in [1.29, 1.82) is 5.26 Å². The Morgan fingerprint density at radius 2 is 1.25 bits per heavy atom. The summed E-state index contributed by atoms with van der Waals surface area (Å²) in [5.74, 6) is 0. The Hall–Kier alpha value is 1.87. The summed E-state index contributed by atoms with van der Waals surface area (Å²) in [5, 5.41) is 6.25. The molecule has 0 aliphatic heterocycles. The number of nitrogens with zero attached hydrogens (tertiary/aromatic N) is 1. The largest absolute Gasteiger partial charge is 1.00 e. The molecule has 0 unspecified atom stereocenters. The van der Waals surface area contributed by atoms with Crippen LogP contribution < -0.4 is 0 Å². The van der Waals surface area contributed by atoms with Crippen LogP contribution in [0.1, 0.15) is 0 Å². The molecule has 0 N–H and O–H groups in total. The summed E-state index contributed by atoms with van der Waals surface area (Å²) < 4.78 is 0. The van der Waals surface area contributed by atoms with Crippen molar-refractivity contribution in [3.05, 3.63) is 6.57 Å². The molecule has 0 fully saturated rings. The minimum atomic E-state index is 0. The fraction of sp³-hybridized carbons (Fsp3) is 0. The average molecular weight is 262 g/mol. The molecule has 0 spiro atoms. The zero-order valence-corrected chi connectivity index (χ0v) is 7.54. The Labute approximate surface area is 83.7 Å². The Kier molecular flexibility index (Phi) is 88.3. The van der Waals surface area contributed by atoms with E-state index in [9.17, 15) is 0 Å². The second-order valence-corrected chi connectivity index (χ2v) is 0. The van der Waals surface area contributed by atoms with E-state index < -0.39 is 0 Å². The van der Waals surface area contributed by atoms with Crippen molar-refractivity contribution in [3.8, 4) is 0 Å².